The molecule has 0 spiro atoms. The Morgan fingerprint density at radius 1 is 1.20 bits per heavy atom. The van der Waals surface area contributed by atoms with Crippen LogP contribution in [0, 0.1) is 5.92 Å². The lowest BCUT2D eigenvalue weighted by Crippen LogP contribution is -2.26. The van der Waals surface area contributed by atoms with Gasteiger partial charge in [-0.25, -0.2) is 4.98 Å². The van der Waals surface area contributed by atoms with Gasteiger partial charge in [0.1, 0.15) is 5.82 Å². The first-order valence-corrected chi connectivity index (χ1v) is 6.96. The molecule has 3 rings (SSSR count). The first kappa shape index (κ1) is 12.8. The lowest BCUT2D eigenvalue weighted by Gasteiger charge is -2.26. The van der Waals surface area contributed by atoms with Crippen LogP contribution in [0.1, 0.15) is 37.4 Å². The van der Waals surface area contributed by atoms with Crippen molar-refractivity contribution >= 4 is 5.97 Å². The van der Waals surface area contributed by atoms with E-state index in [1.54, 1.807) is 0 Å². The fourth-order valence-corrected chi connectivity index (χ4v) is 2.91. The topological polar surface area (TPSA) is 78.9 Å². The molecule has 1 saturated carbocycles. The summed E-state index contributed by atoms with van der Waals surface area (Å²) in [5.41, 5.74) is 0.942. The van der Waals surface area contributed by atoms with Gasteiger partial charge in [-0.05, 0) is 12.8 Å². The van der Waals surface area contributed by atoms with Crippen LogP contribution in [0.25, 0.3) is 11.4 Å². The van der Waals surface area contributed by atoms with E-state index >= 15 is 0 Å². The number of carbonyl (C=O) groups is 1. The van der Waals surface area contributed by atoms with Gasteiger partial charge in [-0.2, -0.15) is 5.10 Å². The molecule has 0 radical (unpaired) electrons. The highest BCUT2D eigenvalue weighted by Gasteiger charge is 2.34. The van der Waals surface area contributed by atoms with Gasteiger partial charge in [0.2, 0.25) is 0 Å². The molecule has 1 aliphatic rings. The van der Waals surface area contributed by atoms with Crippen molar-refractivity contribution in [1.29, 1.82) is 0 Å². The van der Waals surface area contributed by atoms with E-state index in [4.69, 9.17) is 0 Å². The largest absolute Gasteiger partial charge is 0.481 e. The van der Waals surface area contributed by atoms with Crippen molar-refractivity contribution in [2.24, 2.45) is 5.92 Å². The fraction of sp³-hybridized carbons (Fsp3) is 0.400. The molecule has 104 valence electrons. The number of rotatable bonds is 3. The van der Waals surface area contributed by atoms with Crippen LogP contribution >= 0.6 is 0 Å². The summed E-state index contributed by atoms with van der Waals surface area (Å²) in [5.74, 6) is 0.213. The summed E-state index contributed by atoms with van der Waals surface area (Å²) in [4.78, 5) is 15.9. The zero-order chi connectivity index (χ0) is 13.9. The molecule has 0 amide bonds. The summed E-state index contributed by atoms with van der Waals surface area (Å²) in [5, 5.41) is 16.5. The first-order chi connectivity index (χ1) is 9.75. The maximum atomic E-state index is 11.4. The Morgan fingerprint density at radius 2 is 1.95 bits per heavy atom. The molecule has 0 aliphatic heterocycles. The number of aliphatic carboxylic acids is 1. The Hall–Kier alpha value is -2.17. The lowest BCUT2D eigenvalue weighted by molar-refractivity contribution is -0.143. The van der Waals surface area contributed by atoms with Gasteiger partial charge in [-0.3, -0.25) is 9.89 Å². The van der Waals surface area contributed by atoms with Gasteiger partial charge in [-0.15, -0.1) is 0 Å². The molecule has 5 heteroatoms. The maximum absolute atomic E-state index is 11.4. The second-order valence-electron chi connectivity index (χ2n) is 5.25. The average Bonchev–Trinajstić information content (AvgIpc) is 2.98. The van der Waals surface area contributed by atoms with E-state index in [9.17, 15) is 9.90 Å². The summed E-state index contributed by atoms with van der Waals surface area (Å²) >= 11 is 0. The number of carboxylic acid groups (broad SMARTS) is 1. The predicted molar refractivity (Wildman–Crippen MR) is 74.2 cm³/mol. The zero-order valence-electron chi connectivity index (χ0n) is 11.1. The normalized spacial score (nSPS) is 22.6. The maximum Gasteiger partial charge on any atom is 0.307 e. The molecule has 1 aromatic heterocycles. The van der Waals surface area contributed by atoms with Gasteiger partial charge < -0.3 is 5.11 Å². The Bertz CT molecular complexity index is 594. The predicted octanol–water partition coefficient (Wildman–Crippen LogP) is 2.83. The monoisotopic (exact) mass is 271 g/mol. The molecule has 1 aromatic carbocycles. The molecule has 2 unspecified atom stereocenters. The molecular formula is C15H17N3O2. The quantitative estimate of drug-likeness (QED) is 0.899. The van der Waals surface area contributed by atoms with Crippen LogP contribution in [-0.4, -0.2) is 26.3 Å². The molecule has 0 bridgehead atoms. The number of aromatic nitrogens is 3. The van der Waals surface area contributed by atoms with Crippen LogP contribution in [0.3, 0.4) is 0 Å². The third-order valence-electron chi connectivity index (χ3n) is 3.97. The van der Waals surface area contributed by atoms with Crippen molar-refractivity contribution in [2.75, 3.05) is 0 Å². The Labute approximate surface area is 117 Å². The van der Waals surface area contributed by atoms with Crippen molar-refractivity contribution in [3.05, 3.63) is 36.2 Å². The number of nitrogens with zero attached hydrogens (tertiary/aromatic N) is 2. The third kappa shape index (κ3) is 2.43. The van der Waals surface area contributed by atoms with E-state index in [-0.39, 0.29) is 11.8 Å². The minimum Gasteiger partial charge on any atom is -0.481 e. The van der Waals surface area contributed by atoms with E-state index in [1.807, 2.05) is 30.3 Å². The van der Waals surface area contributed by atoms with Crippen LogP contribution in [0.15, 0.2) is 30.3 Å². The SMILES string of the molecule is O=C(O)C1CCCCC1c1nc(-c2ccccc2)n[nH]1. The molecule has 1 fully saturated rings. The fourth-order valence-electron chi connectivity index (χ4n) is 2.91. The number of benzene rings is 1. The van der Waals surface area contributed by atoms with Crippen LogP contribution in [-0.2, 0) is 4.79 Å². The molecular weight excluding hydrogens is 254 g/mol. The Morgan fingerprint density at radius 3 is 2.70 bits per heavy atom. The number of hydrogen-bond acceptors (Lipinski definition) is 3. The minimum absolute atomic E-state index is 0.0498. The molecule has 2 atom stereocenters. The van der Waals surface area contributed by atoms with Crippen LogP contribution in [0.5, 0.6) is 0 Å². The van der Waals surface area contributed by atoms with Gasteiger partial charge >= 0.3 is 5.97 Å². The molecule has 1 heterocycles. The molecule has 20 heavy (non-hydrogen) atoms. The minimum atomic E-state index is -0.729. The van der Waals surface area contributed by atoms with Crippen molar-refractivity contribution in [2.45, 2.75) is 31.6 Å². The van der Waals surface area contributed by atoms with E-state index in [0.29, 0.717) is 11.6 Å². The van der Waals surface area contributed by atoms with Crippen LogP contribution < -0.4 is 0 Å². The van der Waals surface area contributed by atoms with E-state index < -0.39 is 5.97 Å². The molecule has 0 saturated heterocycles. The number of H-pyrrole nitrogens is 1. The second-order valence-corrected chi connectivity index (χ2v) is 5.25. The van der Waals surface area contributed by atoms with Gasteiger partial charge in [0, 0.05) is 11.5 Å². The van der Waals surface area contributed by atoms with Crippen LogP contribution in [0.2, 0.25) is 0 Å². The standard InChI is InChI=1S/C15H17N3O2/c19-15(20)12-9-5-4-8-11(12)14-16-13(17-18-14)10-6-2-1-3-7-10/h1-3,6-7,11-12H,4-5,8-9H2,(H,19,20)(H,16,17,18). The average molecular weight is 271 g/mol. The Kier molecular flexibility index (Phi) is 3.50. The van der Waals surface area contributed by atoms with Gasteiger partial charge in [0.25, 0.3) is 0 Å². The van der Waals surface area contributed by atoms with Crippen LogP contribution in [0.4, 0.5) is 0 Å². The van der Waals surface area contributed by atoms with Crippen molar-refractivity contribution < 1.29 is 9.90 Å². The van der Waals surface area contributed by atoms with E-state index in [0.717, 1.165) is 31.2 Å². The highest BCUT2D eigenvalue weighted by molar-refractivity contribution is 5.71. The van der Waals surface area contributed by atoms with Gasteiger partial charge in [0.05, 0.1) is 5.92 Å². The van der Waals surface area contributed by atoms with Gasteiger partial charge in [0.15, 0.2) is 5.82 Å². The highest BCUT2D eigenvalue weighted by Crippen LogP contribution is 2.36. The first-order valence-electron chi connectivity index (χ1n) is 6.96. The van der Waals surface area contributed by atoms with E-state index in [1.165, 1.54) is 0 Å². The smallest absolute Gasteiger partial charge is 0.307 e. The zero-order valence-corrected chi connectivity index (χ0v) is 11.1. The van der Waals surface area contributed by atoms with Gasteiger partial charge in [-0.1, -0.05) is 43.2 Å². The number of nitrogens with one attached hydrogen (secondary N) is 1. The summed E-state index contributed by atoms with van der Waals surface area (Å²) in [7, 11) is 0. The molecule has 5 nitrogen and oxygen atoms in total. The Balaban J connectivity index is 1.87. The number of carboxylic acids is 1. The summed E-state index contributed by atoms with van der Waals surface area (Å²) in [6.07, 6.45) is 3.62. The van der Waals surface area contributed by atoms with E-state index in [2.05, 4.69) is 15.2 Å². The summed E-state index contributed by atoms with van der Waals surface area (Å²) in [6, 6.07) is 9.71. The summed E-state index contributed by atoms with van der Waals surface area (Å²) in [6.45, 7) is 0. The number of aromatic amines is 1. The number of hydrogen-bond donors (Lipinski definition) is 2. The van der Waals surface area contributed by atoms with Crippen molar-refractivity contribution in [3.63, 3.8) is 0 Å². The van der Waals surface area contributed by atoms with Crippen molar-refractivity contribution in [1.82, 2.24) is 15.2 Å². The summed E-state index contributed by atoms with van der Waals surface area (Å²) < 4.78 is 0. The third-order valence-corrected chi connectivity index (χ3v) is 3.97. The molecule has 2 N–H and O–H groups in total. The van der Waals surface area contributed by atoms with Crippen molar-refractivity contribution in [3.8, 4) is 11.4 Å². The lowest BCUT2D eigenvalue weighted by atomic mass is 9.79. The molecule has 1 aliphatic carbocycles. The second kappa shape index (κ2) is 5.45. The molecule has 2 aromatic rings. The highest BCUT2D eigenvalue weighted by atomic mass is 16.4.